The Hall–Kier alpha value is -1.10. The van der Waals surface area contributed by atoms with Gasteiger partial charge in [-0.3, -0.25) is 4.90 Å². The highest BCUT2D eigenvalue weighted by Crippen LogP contribution is 2.22. The molecule has 0 aromatic heterocycles. The maximum atomic E-state index is 9.14. The van der Waals surface area contributed by atoms with Crippen molar-refractivity contribution in [3.8, 4) is 5.75 Å². The SMILES string of the molecule is COc1ccc(CN2CCC(CO)C2)cc1CN. The van der Waals surface area contributed by atoms with Gasteiger partial charge in [-0.25, -0.2) is 0 Å². The quantitative estimate of drug-likeness (QED) is 0.817. The Labute approximate surface area is 108 Å². The highest BCUT2D eigenvalue weighted by Gasteiger charge is 2.21. The summed E-state index contributed by atoms with van der Waals surface area (Å²) in [7, 11) is 1.67. The number of rotatable bonds is 5. The normalized spacial score (nSPS) is 20.3. The van der Waals surface area contributed by atoms with Gasteiger partial charge in [0.05, 0.1) is 7.11 Å². The Kier molecular flexibility index (Phi) is 4.58. The Morgan fingerprint density at radius 1 is 1.50 bits per heavy atom. The minimum atomic E-state index is 0.299. The van der Waals surface area contributed by atoms with Gasteiger partial charge in [0.2, 0.25) is 0 Å². The molecule has 1 aromatic rings. The van der Waals surface area contributed by atoms with Crippen molar-refractivity contribution in [2.24, 2.45) is 11.7 Å². The maximum absolute atomic E-state index is 9.14. The average Bonchev–Trinajstić information content (AvgIpc) is 2.86. The maximum Gasteiger partial charge on any atom is 0.123 e. The topological polar surface area (TPSA) is 58.7 Å². The van der Waals surface area contributed by atoms with Crippen LogP contribution in [-0.4, -0.2) is 36.8 Å². The molecule has 1 fully saturated rings. The summed E-state index contributed by atoms with van der Waals surface area (Å²) in [6, 6.07) is 6.19. The van der Waals surface area contributed by atoms with Crippen LogP contribution in [0.3, 0.4) is 0 Å². The van der Waals surface area contributed by atoms with Crippen LogP contribution in [0, 0.1) is 5.92 Å². The standard InChI is InChI=1S/C14H22N2O2/c1-18-14-3-2-11(6-13(14)7-15)8-16-5-4-12(9-16)10-17/h2-3,6,12,17H,4-5,7-10,15H2,1H3. The van der Waals surface area contributed by atoms with Gasteiger partial charge in [-0.2, -0.15) is 0 Å². The predicted molar refractivity (Wildman–Crippen MR) is 71.4 cm³/mol. The number of aliphatic hydroxyl groups excluding tert-OH is 1. The Balaban J connectivity index is 2.01. The molecule has 100 valence electrons. The fourth-order valence-corrected chi connectivity index (χ4v) is 2.55. The van der Waals surface area contributed by atoms with Gasteiger partial charge in [-0.05, 0) is 36.6 Å². The molecule has 1 atom stereocenters. The summed E-state index contributed by atoms with van der Waals surface area (Å²) in [4.78, 5) is 2.38. The van der Waals surface area contributed by atoms with E-state index >= 15 is 0 Å². The number of nitrogens with zero attached hydrogens (tertiary/aromatic N) is 1. The van der Waals surface area contributed by atoms with Gasteiger partial charge >= 0.3 is 0 Å². The number of aliphatic hydroxyl groups is 1. The van der Waals surface area contributed by atoms with Crippen molar-refractivity contribution in [3.05, 3.63) is 29.3 Å². The second kappa shape index (κ2) is 6.18. The molecule has 0 amide bonds. The number of likely N-dealkylation sites (tertiary alicyclic amines) is 1. The molecule has 0 bridgehead atoms. The van der Waals surface area contributed by atoms with Crippen LogP contribution in [0.4, 0.5) is 0 Å². The molecule has 4 heteroatoms. The number of benzene rings is 1. The molecule has 3 N–H and O–H groups in total. The fourth-order valence-electron chi connectivity index (χ4n) is 2.55. The summed E-state index contributed by atoms with van der Waals surface area (Å²) in [5, 5.41) is 9.14. The van der Waals surface area contributed by atoms with Gasteiger partial charge in [-0.15, -0.1) is 0 Å². The van der Waals surface area contributed by atoms with Crippen molar-refractivity contribution >= 4 is 0 Å². The van der Waals surface area contributed by atoms with Crippen LogP contribution < -0.4 is 10.5 Å². The summed E-state index contributed by atoms with van der Waals surface area (Å²) in [5.41, 5.74) is 8.03. The monoisotopic (exact) mass is 250 g/mol. The molecule has 0 spiro atoms. The van der Waals surface area contributed by atoms with E-state index in [9.17, 15) is 0 Å². The second-order valence-corrected chi connectivity index (χ2v) is 4.92. The van der Waals surface area contributed by atoms with E-state index in [1.165, 1.54) is 5.56 Å². The van der Waals surface area contributed by atoms with Crippen molar-refractivity contribution < 1.29 is 9.84 Å². The van der Waals surface area contributed by atoms with Gasteiger partial charge < -0.3 is 15.6 Å². The van der Waals surface area contributed by atoms with Crippen LogP contribution in [-0.2, 0) is 13.1 Å². The second-order valence-electron chi connectivity index (χ2n) is 4.92. The number of hydrogen-bond donors (Lipinski definition) is 2. The van der Waals surface area contributed by atoms with Crippen molar-refractivity contribution in [3.63, 3.8) is 0 Å². The lowest BCUT2D eigenvalue weighted by atomic mass is 10.1. The van der Waals surface area contributed by atoms with Crippen LogP contribution in [0.15, 0.2) is 18.2 Å². The molecule has 0 radical (unpaired) electrons. The molecule has 1 saturated heterocycles. The number of methoxy groups -OCH3 is 1. The first-order chi connectivity index (χ1) is 8.76. The number of hydrogen-bond acceptors (Lipinski definition) is 4. The van der Waals surface area contributed by atoms with Crippen molar-refractivity contribution in [1.82, 2.24) is 4.90 Å². The van der Waals surface area contributed by atoms with E-state index in [4.69, 9.17) is 15.6 Å². The van der Waals surface area contributed by atoms with Gasteiger partial charge in [0.1, 0.15) is 5.75 Å². The Morgan fingerprint density at radius 3 is 2.94 bits per heavy atom. The number of nitrogens with two attached hydrogens (primary N) is 1. The zero-order chi connectivity index (χ0) is 13.0. The van der Waals surface area contributed by atoms with Crippen LogP contribution in [0.2, 0.25) is 0 Å². The lowest BCUT2D eigenvalue weighted by Gasteiger charge is -2.17. The molecule has 0 saturated carbocycles. The van der Waals surface area contributed by atoms with Gasteiger partial charge in [0.25, 0.3) is 0 Å². The summed E-state index contributed by atoms with van der Waals surface area (Å²) in [6.07, 6.45) is 1.09. The average molecular weight is 250 g/mol. The molecule has 1 aliphatic rings. The summed E-state index contributed by atoms with van der Waals surface area (Å²) in [5.74, 6) is 1.30. The zero-order valence-corrected chi connectivity index (χ0v) is 10.9. The minimum Gasteiger partial charge on any atom is -0.496 e. The molecule has 1 heterocycles. The van der Waals surface area contributed by atoms with E-state index in [2.05, 4.69) is 17.0 Å². The highest BCUT2D eigenvalue weighted by atomic mass is 16.5. The third-order valence-corrected chi connectivity index (χ3v) is 3.60. The lowest BCUT2D eigenvalue weighted by molar-refractivity contribution is 0.220. The van der Waals surface area contributed by atoms with E-state index in [1.807, 2.05) is 6.07 Å². The molecular formula is C14H22N2O2. The first kappa shape index (κ1) is 13.3. The summed E-state index contributed by atoms with van der Waals surface area (Å²) in [6.45, 7) is 3.77. The molecular weight excluding hydrogens is 228 g/mol. The molecule has 18 heavy (non-hydrogen) atoms. The van der Waals surface area contributed by atoms with E-state index < -0.39 is 0 Å². The third kappa shape index (κ3) is 3.02. The zero-order valence-electron chi connectivity index (χ0n) is 10.9. The Bertz CT molecular complexity index is 395. The summed E-state index contributed by atoms with van der Waals surface area (Å²) >= 11 is 0. The number of ether oxygens (including phenoxy) is 1. The van der Waals surface area contributed by atoms with Crippen molar-refractivity contribution in [2.75, 3.05) is 26.8 Å². The minimum absolute atomic E-state index is 0.299. The van der Waals surface area contributed by atoms with Crippen molar-refractivity contribution in [1.29, 1.82) is 0 Å². The van der Waals surface area contributed by atoms with Crippen LogP contribution in [0.5, 0.6) is 5.75 Å². The predicted octanol–water partition coefficient (Wildman–Crippen LogP) is 0.968. The van der Waals surface area contributed by atoms with Crippen LogP contribution in [0.1, 0.15) is 17.5 Å². The molecule has 1 aliphatic heterocycles. The summed E-state index contributed by atoms with van der Waals surface area (Å²) < 4.78 is 5.27. The largest absolute Gasteiger partial charge is 0.496 e. The third-order valence-electron chi connectivity index (χ3n) is 3.60. The van der Waals surface area contributed by atoms with Gasteiger partial charge in [0.15, 0.2) is 0 Å². The highest BCUT2D eigenvalue weighted by molar-refractivity contribution is 5.37. The fraction of sp³-hybridized carbons (Fsp3) is 0.571. The first-order valence-electron chi connectivity index (χ1n) is 6.46. The van der Waals surface area contributed by atoms with Crippen molar-refractivity contribution in [2.45, 2.75) is 19.5 Å². The first-order valence-corrected chi connectivity index (χ1v) is 6.46. The van der Waals surface area contributed by atoms with E-state index in [-0.39, 0.29) is 0 Å². The van der Waals surface area contributed by atoms with E-state index in [0.29, 0.717) is 19.1 Å². The smallest absolute Gasteiger partial charge is 0.123 e. The lowest BCUT2D eigenvalue weighted by Crippen LogP contribution is -2.21. The van der Waals surface area contributed by atoms with Gasteiger partial charge in [0, 0.05) is 31.8 Å². The molecule has 1 unspecified atom stereocenters. The van der Waals surface area contributed by atoms with Gasteiger partial charge in [-0.1, -0.05) is 6.07 Å². The van der Waals surface area contributed by atoms with E-state index in [0.717, 1.165) is 37.4 Å². The Morgan fingerprint density at radius 2 is 2.33 bits per heavy atom. The molecule has 2 rings (SSSR count). The molecule has 1 aromatic carbocycles. The van der Waals surface area contributed by atoms with Crippen LogP contribution >= 0.6 is 0 Å². The molecule has 4 nitrogen and oxygen atoms in total. The van der Waals surface area contributed by atoms with E-state index in [1.54, 1.807) is 7.11 Å². The van der Waals surface area contributed by atoms with Crippen LogP contribution in [0.25, 0.3) is 0 Å². The molecule has 0 aliphatic carbocycles.